The number of aromatic nitrogens is 1. The van der Waals surface area contributed by atoms with Crippen molar-refractivity contribution in [1.82, 2.24) is 4.98 Å². The molecule has 0 saturated heterocycles. The van der Waals surface area contributed by atoms with E-state index in [0.29, 0.717) is 23.1 Å². The van der Waals surface area contributed by atoms with E-state index in [-0.39, 0.29) is 11.6 Å². The average Bonchev–Trinajstić information content (AvgIpc) is 2.92. The zero-order valence-corrected chi connectivity index (χ0v) is 13.8. The molecule has 3 aliphatic rings. The van der Waals surface area contributed by atoms with Gasteiger partial charge in [-0.05, 0) is 35.7 Å². The van der Waals surface area contributed by atoms with Crippen LogP contribution in [0.15, 0.2) is 17.0 Å². The molecule has 22 heavy (non-hydrogen) atoms. The Morgan fingerprint density at radius 2 is 2.27 bits per heavy atom. The van der Waals surface area contributed by atoms with E-state index in [0.717, 1.165) is 12.3 Å². The number of esters is 1. The minimum absolute atomic E-state index is 0.205. The zero-order valence-electron chi connectivity index (χ0n) is 13.0. The molecular weight excluding hydrogens is 300 g/mol. The molecule has 0 unspecified atom stereocenters. The number of rotatable bonds is 4. The number of fused-ring (bicyclic) bond motifs is 1. The van der Waals surface area contributed by atoms with Crippen LogP contribution in [-0.2, 0) is 9.53 Å². The minimum atomic E-state index is -0.437. The first-order valence-electron chi connectivity index (χ1n) is 7.47. The van der Waals surface area contributed by atoms with Crippen LogP contribution in [0.25, 0.3) is 0 Å². The summed E-state index contributed by atoms with van der Waals surface area (Å²) in [6.07, 6.45) is 4.51. The second-order valence-electron chi connectivity index (χ2n) is 6.62. The van der Waals surface area contributed by atoms with Crippen molar-refractivity contribution >= 4 is 28.3 Å². The van der Waals surface area contributed by atoms with Gasteiger partial charge in [0.05, 0.1) is 0 Å². The second kappa shape index (κ2) is 5.50. The molecule has 0 spiro atoms. The van der Waals surface area contributed by atoms with Gasteiger partial charge in [0.15, 0.2) is 10.8 Å². The Hall–Kier alpha value is -1.69. The fourth-order valence-electron chi connectivity index (χ4n) is 3.44. The number of carbonyl (C=O) groups excluding carboxylic acids is 2. The summed E-state index contributed by atoms with van der Waals surface area (Å²) in [4.78, 5) is 27.1. The largest absolute Gasteiger partial charge is 0.456 e. The number of thiazole rings is 1. The highest BCUT2D eigenvalue weighted by atomic mass is 32.1. The topological polar surface area (TPSA) is 68.3 Å². The predicted molar refractivity (Wildman–Crippen MR) is 84.8 cm³/mol. The van der Waals surface area contributed by atoms with E-state index in [2.05, 4.69) is 30.2 Å². The summed E-state index contributed by atoms with van der Waals surface area (Å²) in [6, 6.07) is 0. The molecule has 3 aliphatic carbocycles. The van der Waals surface area contributed by atoms with Gasteiger partial charge in [-0.25, -0.2) is 9.78 Å². The van der Waals surface area contributed by atoms with Crippen LogP contribution < -0.4 is 5.32 Å². The lowest BCUT2D eigenvalue weighted by atomic mass is 9.49. The lowest BCUT2D eigenvalue weighted by Crippen LogP contribution is -2.48. The monoisotopic (exact) mass is 320 g/mol. The van der Waals surface area contributed by atoms with E-state index in [9.17, 15) is 9.59 Å². The Bertz CT molecular complexity index is 648. The van der Waals surface area contributed by atoms with Gasteiger partial charge in [-0.15, -0.1) is 11.3 Å². The van der Waals surface area contributed by atoms with Crippen molar-refractivity contribution in [3.05, 3.63) is 22.7 Å². The number of allylic oxidation sites excluding steroid dienone is 1. The smallest absolute Gasteiger partial charge is 0.358 e. The highest BCUT2D eigenvalue weighted by Gasteiger charge is 2.51. The Labute approximate surface area is 133 Å². The van der Waals surface area contributed by atoms with Gasteiger partial charge in [0.25, 0.3) is 0 Å². The Kier molecular flexibility index (Phi) is 3.80. The number of carbonyl (C=O) groups is 2. The Morgan fingerprint density at radius 1 is 1.50 bits per heavy atom. The molecule has 2 atom stereocenters. The molecule has 1 aromatic rings. The molecule has 4 rings (SSSR count). The average molecular weight is 320 g/mol. The summed E-state index contributed by atoms with van der Waals surface area (Å²) in [5.74, 6) is 0.663. The van der Waals surface area contributed by atoms with Crippen LogP contribution in [0.1, 0.15) is 44.1 Å². The van der Waals surface area contributed by atoms with Gasteiger partial charge in [0.1, 0.15) is 6.61 Å². The number of nitrogens with zero attached hydrogens (tertiary/aromatic N) is 1. The first-order valence-corrected chi connectivity index (χ1v) is 8.35. The predicted octanol–water partition coefficient (Wildman–Crippen LogP) is 3.25. The molecule has 1 heterocycles. The molecule has 0 radical (unpaired) electrons. The Morgan fingerprint density at radius 3 is 2.91 bits per heavy atom. The van der Waals surface area contributed by atoms with Crippen molar-refractivity contribution in [3.63, 3.8) is 0 Å². The third-order valence-corrected chi connectivity index (χ3v) is 5.71. The molecule has 118 valence electrons. The van der Waals surface area contributed by atoms with Gasteiger partial charge < -0.3 is 10.1 Å². The first-order chi connectivity index (χ1) is 10.4. The summed E-state index contributed by atoms with van der Waals surface area (Å²) in [5.41, 5.74) is 1.81. The van der Waals surface area contributed by atoms with E-state index in [4.69, 9.17) is 4.74 Å². The normalized spacial score (nSPS) is 25.0. The maximum Gasteiger partial charge on any atom is 0.358 e. The van der Waals surface area contributed by atoms with E-state index < -0.39 is 5.97 Å². The van der Waals surface area contributed by atoms with E-state index in [1.165, 1.54) is 30.3 Å². The lowest BCUT2D eigenvalue weighted by molar-refractivity contribution is -0.114. The molecule has 5 nitrogen and oxygen atoms in total. The van der Waals surface area contributed by atoms with Gasteiger partial charge in [-0.3, -0.25) is 4.79 Å². The van der Waals surface area contributed by atoms with Gasteiger partial charge in [0.2, 0.25) is 5.91 Å². The lowest BCUT2D eigenvalue weighted by Gasteiger charge is -2.56. The molecule has 1 fully saturated rings. The van der Waals surface area contributed by atoms with Gasteiger partial charge >= 0.3 is 5.97 Å². The fraction of sp³-hybridized carbons (Fsp3) is 0.562. The van der Waals surface area contributed by atoms with Crippen LogP contribution in [-0.4, -0.2) is 23.5 Å². The van der Waals surface area contributed by atoms with E-state index >= 15 is 0 Å². The quantitative estimate of drug-likeness (QED) is 0.683. The molecule has 2 bridgehead atoms. The van der Waals surface area contributed by atoms with Crippen LogP contribution in [0.2, 0.25) is 0 Å². The zero-order chi connectivity index (χ0) is 15.9. The highest BCUT2D eigenvalue weighted by Crippen LogP contribution is 2.59. The maximum absolute atomic E-state index is 12.0. The summed E-state index contributed by atoms with van der Waals surface area (Å²) < 4.78 is 5.40. The van der Waals surface area contributed by atoms with Crippen LogP contribution >= 0.6 is 11.3 Å². The number of nitrogens with one attached hydrogen (secondary N) is 1. The summed E-state index contributed by atoms with van der Waals surface area (Å²) in [5, 5.41) is 4.58. The number of ether oxygens (including phenoxy) is 1. The van der Waals surface area contributed by atoms with Gasteiger partial charge in [-0.2, -0.15) is 0 Å². The third-order valence-electron chi connectivity index (χ3n) is 4.95. The number of hydrogen-bond donors (Lipinski definition) is 1. The van der Waals surface area contributed by atoms with Crippen molar-refractivity contribution in [1.29, 1.82) is 0 Å². The molecule has 1 N–H and O–H groups in total. The van der Waals surface area contributed by atoms with Crippen LogP contribution in [0.3, 0.4) is 0 Å². The van der Waals surface area contributed by atoms with Gasteiger partial charge in [0, 0.05) is 12.3 Å². The molecular formula is C16H20N2O3S. The molecule has 0 aromatic carbocycles. The summed E-state index contributed by atoms with van der Waals surface area (Å²) >= 11 is 1.22. The Balaban J connectivity index is 1.58. The van der Waals surface area contributed by atoms with Crippen LogP contribution in [0, 0.1) is 17.3 Å². The first kappa shape index (κ1) is 15.2. The molecule has 0 aliphatic heterocycles. The van der Waals surface area contributed by atoms with Crippen molar-refractivity contribution in [2.24, 2.45) is 17.3 Å². The molecule has 1 aromatic heterocycles. The van der Waals surface area contributed by atoms with Crippen molar-refractivity contribution < 1.29 is 14.3 Å². The standard InChI is InChI=1S/C16H20N2O3S/c1-9(19)17-15-18-13(8-22-15)14(20)21-7-10-4-5-11-6-12(10)16(11,2)3/h4,8,11-12H,5-7H2,1-3H3,(H,17,18,19)/t11-,12-/m0/s1. The summed E-state index contributed by atoms with van der Waals surface area (Å²) in [7, 11) is 0. The third kappa shape index (κ3) is 2.67. The fourth-order valence-corrected chi connectivity index (χ4v) is 4.16. The highest BCUT2D eigenvalue weighted by molar-refractivity contribution is 7.14. The van der Waals surface area contributed by atoms with Gasteiger partial charge in [-0.1, -0.05) is 19.9 Å². The van der Waals surface area contributed by atoms with Crippen LogP contribution in [0.4, 0.5) is 5.13 Å². The second-order valence-corrected chi connectivity index (χ2v) is 7.47. The van der Waals surface area contributed by atoms with Crippen molar-refractivity contribution in [2.45, 2.75) is 33.6 Å². The van der Waals surface area contributed by atoms with Crippen LogP contribution in [0.5, 0.6) is 0 Å². The molecule has 1 amide bonds. The number of anilines is 1. The minimum Gasteiger partial charge on any atom is -0.456 e. The van der Waals surface area contributed by atoms with E-state index in [1.807, 2.05) is 0 Å². The van der Waals surface area contributed by atoms with E-state index in [1.54, 1.807) is 5.38 Å². The summed E-state index contributed by atoms with van der Waals surface area (Å²) in [6.45, 7) is 6.33. The number of hydrogen-bond acceptors (Lipinski definition) is 5. The van der Waals surface area contributed by atoms with Crippen molar-refractivity contribution in [2.75, 3.05) is 11.9 Å². The van der Waals surface area contributed by atoms with Crippen molar-refractivity contribution in [3.8, 4) is 0 Å². The SMILES string of the molecule is CC(=O)Nc1nc(C(=O)OCC2=CC[C@H]3C[C@@H]2C3(C)C)cs1. The molecule has 1 saturated carbocycles. The maximum atomic E-state index is 12.0. The number of amides is 1. The molecule has 6 heteroatoms.